The molecule has 2 aromatic rings. The van der Waals surface area contributed by atoms with Gasteiger partial charge in [0.05, 0.1) is 34.6 Å². The molecule has 18 heteroatoms. The monoisotopic (exact) mass is 576 g/mol. The van der Waals surface area contributed by atoms with E-state index < -0.39 is 75.2 Å². The number of nitrogens with zero attached hydrogens (tertiary/aromatic N) is 4. The number of urea groups is 1. The maximum absolute atomic E-state index is 13.9. The lowest BCUT2D eigenvalue weighted by molar-refractivity contribution is -0.276. The number of ether oxygens (including phenoxy) is 1. The normalized spacial score (nSPS) is 15.9. The summed E-state index contributed by atoms with van der Waals surface area (Å²) in [7, 11) is 0. The second kappa shape index (κ2) is 9.59. The Kier molecular flexibility index (Phi) is 7.31. The minimum atomic E-state index is -6.19. The first-order valence-electron chi connectivity index (χ1n) is 10.2. The van der Waals surface area contributed by atoms with Gasteiger partial charge in [0.15, 0.2) is 11.6 Å². The van der Waals surface area contributed by atoms with Crippen LogP contribution in [-0.4, -0.2) is 52.8 Å². The molecule has 0 aliphatic carbocycles. The highest BCUT2D eigenvalue weighted by Gasteiger charge is 2.59. The van der Waals surface area contributed by atoms with Crippen LogP contribution in [0.3, 0.4) is 0 Å². The highest BCUT2D eigenvalue weighted by Crippen LogP contribution is 2.40. The largest absolute Gasteiger partial charge is 0.455 e. The Morgan fingerprint density at radius 3 is 2.34 bits per heavy atom. The molecule has 1 aliphatic rings. The van der Waals surface area contributed by atoms with Crippen LogP contribution in [0.2, 0.25) is 5.02 Å². The van der Waals surface area contributed by atoms with Gasteiger partial charge in [-0.1, -0.05) is 11.6 Å². The molecule has 9 nitrogen and oxygen atoms in total. The van der Waals surface area contributed by atoms with Crippen LogP contribution in [0.15, 0.2) is 24.4 Å². The van der Waals surface area contributed by atoms with Gasteiger partial charge in [0.25, 0.3) is 0 Å². The van der Waals surface area contributed by atoms with E-state index in [0.29, 0.717) is 12.1 Å². The van der Waals surface area contributed by atoms with Crippen molar-refractivity contribution >= 4 is 41.2 Å². The number of hydrogen-bond donors (Lipinski definition) is 2. The fourth-order valence-electron chi connectivity index (χ4n) is 3.19. The Labute approximate surface area is 213 Å². The van der Waals surface area contributed by atoms with Gasteiger partial charge in [-0.15, -0.1) is 0 Å². The standard InChI is InChI=1S/C20H17ClF8N6O3/c1-17(2)7-35(15(36)33-17)14-31-6-12(13(30)32-14)38-16(37)34(8-18(22,23)20(27,28)29)11-5-9(19(24,25)26)3-4-10(11)21/h3-6H,7-8H2,1-2H3,(H,33,36)(H2,30,31,32). The molecule has 1 saturated heterocycles. The van der Waals surface area contributed by atoms with Gasteiger partial charge in [0, 0.05) is 0 Å². The quantitative estimate of drug-likeness (QED) is 0.471. The van der Waals surface area contributed by atoms with Crippen LogP contribution in [-0.2, 0) is 6.18 Å². The van der Waals surface area contributed by atoms with Gasteiger partial charge < -0.3 is 15.8 Å². The van der Waals surface area contributed by atoms with Crippen molar-refractivity contribution in [3.05, 3.63) is 35.0 Å². The SMILES string of the molecule is CC1(C)CN(c2ncc(OC(=O)N(CC(F)(F)C(F)(F)F)c3cc(C(F)(F)F)ccc3Cl)c(N)n2)C(=O)N1. The Morgan fingerprint density at radius 2 is 1.84 bits per heavy atom. The second-order valence-corrected chi connectivity index (χ2v) is 9.05. The summed E-state index contributed by atoms with van der Waals surface area (Å²) in [5.74, 6) is -7.24. The molecule has 0 atom stereocenters. The lowest BCUT2D eigenvalue weighted by atomic mass is 10.1. The van der Waals surface area contributed by atoms with Crippen molar-refractivity contribution in [2.75, 3.05) is 28.6 Å². The summed E-state index contributed by atoms with van der Waals surface area (Å²) < 4.78 is 111. The van der Waals surface area contributed by atoms with E-state index in [1.165, 1.54) is 0 Å². The number of nitrogens with two attached hydrogens (primary N) is 1. The average Bonchev–Trinajstić information content (AvgIpc) is 3.04. The summed E-state index contributed by atoms with van der Waals surface area (Å²) in [6.45, 7) is 0.986. The number of carbonyl (C=O) groups is 2. The Bertz CT molecular complexity index is 1250. The van der Waals surface area contributed by atoms with Gasteiger partial charge in [-0.05, 0) is 32.0 Å². The number of nitrogen functional groups attached to an aromatic ring is 1. The van der Waals surface area contributed by atoms with E-state index in [4.69, 9.17) is 22.1 Å². The first-order chi connectivity index (χ1) is 17.2. The predicted molar refractivity (Wildman–Crippen MR) is 117 cm³/mol. The summed E-state index contributed by atoms with van der Waals surface area (Å²) in [5, 5.41) is 1.85. The molecule has 2 heterocycles. The second-order valence-electron chi connectivity index (χ2n) is 8.64. The molecule has 3 amide bonds. The number of alkyl halides is 8. The van der Waals surface area contributed by atoms with E-state index in [-0.39, 0.29) is 18.6 Å². The highest BCUT2D eigenvalue weighted by molar-refractivity contribution is 6.33. The first kappa shape index (κ1) is 28.9. The number of carbonyl (C=O) groups excluding carboxylic acids is 2. The molecular formula is C20H17ClF8N6O3. The Balaban J connectivity index is 1.97. The molecule has 0 saturated carbocycles. The third-order valence-corrected chi connectivity index (χ3v) is 5.33. The minimum absolute atomic E-state index is 0.0960. The minimum Gasteiger partial charge on any atom is -0.404 e. The molecule has 1 aromatic heterocycles. The van der Waals surface area contributed by atoms with Crippen molar-refractivity contribution in [1.29, 1.82) is 0 Å². The van der Waals surface area contributed by atoms with Crippen LogP contribution in [0, 0.1) is 0 Å². The smallest absolute Gasteiger partial charge is 0.404 e. The molecule has 38 heavy (non-hydrogen) atoms. The van der Waals surface area contributed by atoms with Crippen LogP contribution < -0.4 is 25.6 Å². The molecule has 1 fully saturated rings. The lowest BCUT2D eigenvalue weighted by Crippen LogP contribution is -2.50. The van der Waals surface area contributed by atoms with Crippen LogP contribution in [0.25, 0.3) is 0 Å². The number of halogens is 9. The third kappa shape index (κ3) is 6.08. The van der Waals surface area contributed by atoms with Crippen LogP contribution in [0.5, 0.6) is 5.75 Å². The molecule has 0 spiro atoms. The highest BCUT2D eigenvalue weighted by atomic mass is 35.5. The van der Waals surface area contributed by atoms with E-state index in [9.17, 15) is 44.7 Å². The Morgan fingerprint density at radius 1 is 1.21 bits per heavy atom. The summed E-state index contributed by atoms with van der Waals surface area (Å²) in [5.41, 5.74) is 2.37. The number of aromatic nitrogens is 2. The van der Waals surface area contributed by atoms with E-state index >= 15 is 0 Å². The molecule has 3 N–H and O–H groups in total. The van der Waals surface area contributed by atoms with Gasteiger partial charge in [0.2, 0.25) is 5.95 Å². The third-order valence-electron chi connectivity index (χ3n) is 5.01. The van der Waals surface area contributed by atoms with Gasteiger partial charge in [-0.25, -0.2) is 14.6 Å². The topological polar surface area (TPSA) is 114 Å². The van der Waals surface area contributed by atoms with E-state index in [1.54, 1.807) is 13.8 Å². The molecular weight excluding hydrogens is 560 g/mol. The maximum atomic E-state index is 13.9. The summed E-state index contributed by atoms with van der Waals surface area (Å²) >= 11 is 5.76. The zero-order valence-corrected chi connectivity index (χ0v) is 20.0. The number of hydrogen-bond acceptors (Lipinski definition) is 6. The predicted octanol–water partition coefficient (Wildman–Crippen LogP) is 5.24. The maximum Gasteiger partial charge on any atom is 0.455 e. The number of benzene rings is 1. The average molecular weight is 577 g/mol. The summed E-state index contributed by atoms with van der Waals surface area (Å²) in [6, 6.07) is 0.490. The van der Waals surface area contributed by atoms with Crippen LogP contribution in [0.1, 0.15) is 19.4 Å². The molecule has 1 aliphatic heterocycles. The van der Waals surface area contributed by atoms with Crippen LogP contribution in [0.4, 0.5) is 62.2 Å². The van der Waals surface area contributed by atoms with Crippen molar-refractivity contribution in [2.24, 2.45) is 0 Å². The van der Waals surface area contributed by atoms with Crippen molar-refractivity contribution < 1.29 is 49.4 Å². The van der Waals surface area contributed by atoms with Crippen molar-refractivity contribution in [2.45, 2.75) is 37.7 Å². The fourth-order valence-corrected chi connectivity index (χ4v) is 3.41. The van der Waals surface area contributed by atoms with E-state index in [0.717, 1.165) is 11.1 Å². The van der Waals surface area contributed by atoms with Gasteiger partial charge in [0.1, 0.15) is 6.54 Å². The molecule has 0 unspecified atom stereocenters. The first-order valence-corrected chi connectivity index (χ1v) is 10.6. The Hall–Kier alpha value is -3.63. The van der Waals surface area contributed by atoms with Gasteiger partial charge >= 0.3 is 30.4 Å². The number of amides is 3. The van der Waals surface area contributed by atoms with Crippen molar-refractivity contribution in [1.82, 2.24) is 15.3 Å². The molecule has 208 valence electrons. The van der Waals surface area contributed by atoms with Gasteiger partial charge in [-0.3, -0.25) is 9.80 Å². The number of rotatable bonds is 5. The number of anilines is 3. The molecule has 3 rings (SSSR count). The van der Waals surface area contributed by atoms with Crippen LogP contribution >= 0.6 is 11.6 Å². The lowest BCUT2D eigenvalue weighted by Gasteiger charge is -2.29. The van der Waals surface area contributed by atoms with E-state index in [1.807, 2.05) is 0 Å². The number of nitrogens with one attached hydrogen (secondary N) is 1. The van der Waals surface area contributed by atoms with Crippen molar-refractivity contribution in [3.8, 4) is 5.75 Å². The fraction of sp³-hybridized carbons (Fsp3) is 0.400. The molecule has 1 aromatic carbocycles. The van der Waals surface area contributed by atoms with Crippen molar-refractivity contribution in [3.63, 3.8) is 0 Å². The summed E-state index contributed by atoms with van der Waals surface area (Å²) in [6.07, 6.45) is -12.5. The summed E-state index contributed by atoms with van der Waals surface area (Å²) in [4.78, 5) is 33.0. The molecule has 0 radical (unpaired) electrons. The van der Waals surface area contributed by atoms with E-state index in [2.05, 4.69) is 15.3 Å². The zero-order chi connectivity index (χ0) is 28.8. The zero-order valence-electron chi connectivity index (χ0n) is 19.2. The molecule has 0 bridgehead atoms. The van der Waals surface area contributed by atoms with Gasteiger partial charge in [-0.2, -0.15) is 40.1 Å².